The molecule has 0 amide bonds. The van der Waals surface area contributed by atoms with Gasteiger partial charge < -0.3 is 0 Å². The van der Waals surface area contributed by atoms with Gasteiger partial charge in [-0.3, -0.25) is 0 Å². The molecular formula is AlFeMgSiSrZn. The molecule has 0 atom stereocenters. The summed E-state index contributed by atoms with van der Waals surface area (Å²) >= 11 is 0. The zero-order valence-corrected chi connectivity index (χ0v) is 14.7. The van der Waals surface area contributed by atoms with E-state index in [0.717, 1.165) is 0 Å². The van der Waals surface area contributed by atoms with Crippen molar-refractivity contribution in [3.63, 3.8) is 0 Å². The van der Waals surface area contributed by atoms with E-state index in [0.29, 0.717) is 0 Å². The Labute approximate surface area is 130 Å². The molecule has 0 saturated heterocycles. The first kappa shape index (κ1) is 49.4. The van der Waals surface area contributed by atoms with Gasteiger partial charge in [0.15, 0.2) is 0 Å². The summed E-state index contributed by atoms with van der Waals surface area (Å²) in [4.78, 5) is 0. The van der Waals surface area contributed by atoms with Gasteiger partial charge in [0.1, 0.15) is 0 Å². The predicted molar refractivity (Wildman–Crippen MR) is 23.0 cm³/mol. The van der Waals surface area contributed by atoms with Crippen LogP contribution in [0.3, 0.4) is 0 Å². The fourth-order valence-corrected chi connectivity index (χ4v) is 0. The average Bonchev–Trinajstić information content (AvgIpc) is 0. The summed E-state index contributed by atoms with van der Waals surface area (Å²) in [6, 6.07) is 0. The minimum absolute atomic E-state index is 0. The van der Waals surface area contributed by atoms with Gasteiger partial charge >= 0.3 is 0 Å². The first-order valence-corrected chi connectivity index (χ1v) is 0. The molecule has 0 unspecified atom stereocenters. The van der Waals surface area contributed by atoms with Crippen molar-refractivity contribution in [3.8, 4) is 0 Å². The Morgan fingerprint density at radius 2 is 1.00 bits per heavy atom. The molecule has 0 spiro atoms. The van der Waals surface area contributed by atoms with E-state index in [-0.39, 0.29) is 133 Å². The molecule has 0 aliphatic rings. The molecule has 6 heteroatoms. The van der Waals surface area contributed by atoms with Gasteiger partial charge in [-0.1, -0.05) is 0 Å². The maximum Gasteiger partial charge on any atom is 0 e. The normalized spacial score (nSPS) is 0. The summed E-state index contributed by atoms with van der Waals surface area (Å²) in [6.07, 6.45) is 0. The molecule has 11 radical (unpaired) electrons. The smallest absolute Gasteiger partial charge is 0 e. The minimum Gasteiger partial charge on any atom is 0 e. The van der Waals surface area contributed by atoms with Crippen molar-refractivity contribution < 1.29 is 36.5 Å². The summed E-state index contributed by atoms with van der Waals surface area (Å²) < 4.78 is 0. The first-order chi connectivity index (χ1) is 0. The van der Waals surface area contributed by atoms with Crippen LogP contribution in [0.25, 0.3) is 0 Å². The second-order valence-electron chi connectivity index (χ2n) is 0. The van der Waals surface area contributed by atoms with E-state index >= 15 is 0 Å². The van der Waals surface area contributed by atoms with Crippen LogP contribution >= 0.6 is 0 Å². The fourth-order valence-electron chi connectivity index (χ4n) is 0. The van der Waals surface area contributed by atoms with Crippen LogP contribution in [-0.4, -0.2) is 96.9 Å². The van der Waals surface area contributed by atoms with Crippen LogP contribution in [-0.2, 0) is 36.5 Å². The molecule has 0 aliphatic heterocycles. The molecule has 0 fully saturated rings. The molecule has 0 aromatic heterocycles. The van der Waals surface area contributed by atoms with Crippen LogP contribution in [0.2, 0.25) is 0 Å². The average molecular weight is 288 g/mol. The largest absolute Gasteiger partial charge is 0 e. The van der Waals surface area contributed by atoms with E-state index in [1.54, 1.807) is 0 Å². The Balaban J connectivity index is 0. The molecular weight excluding hydrogens is 288 g/mol. The van der Waals surface area contributed by atoms with Crippen LogP contribution < -0.4 is 0 Å². The van der Waals surface area contributed by atoms with E-state index in [2.05, 4.69) is 0 Å². The molecule has 0 aromatic rings. The molecule has 21 valence electrons. The predicted octanol–water partition coefficient (Wildman–Crippen LogP) is -1.53. The maximum absolute atomic E-state index is 0. The quantitative estimate of drug-likeness (QED) is 0.475. The summed E-state index contributed by atoms with van der Waals surface area (Å²) in [5.74, 6) is 0. The summed E-state index contributed by atoms with van der Waals surface area (Å²) in [7, 11) is 0. The Hall–Kier alpha value is 4.14. The molecule has 0 rings (SSSR count). The third kappa shape index (κ3) is 24.2. The topological polar surface area (TPSA) is 0 Å². The zero-order chi connectivity index (χ0) is 0. The van der Waals surface area contributed by atoms with Crippen molar-refractivity contribution in [2.45, 2.75) is 0 Å². The SMILES string of the molecule is [Al].[Fe].[Mg].[Si].[Sr].[Zn]. The van der Waals surface area contributed by atoms with Gasteiger partial charge in [-0.15, -0.1) is 0 Å². The van der Waals surface area contributed by atoms with Crippen molar-refractivity contribution in [1.29, 1.82) is 0 Å². The second-order valence-corrected chi connectivity index (χ2v) is 0. The zero-order valence-electron chi connectivity index (χ0n) is 3.55. The van der Waals surface area contributed by atoms with Crippen LogP contribution in [0.15, 0.2) is 0 Å². The van der Waals surface area contributed by atoms with E-state index in [9.17, 15) is 0 Å². The van der Waals surface area contributed by atoms with E-state index in [4.69, 9.17) is 0 Å². The molecule has 0 aromatic carbocycles. The van der Waals surface area contributed by atoms with Gasteiger partial charge in [-0.25, -0.2) is 0 Å². The maximum atomic E-state index is 0. The van der Waals surface area contributed by atoms with Gasteiger partial charge in [-0.2, -0.15) is 0 Å². The van der Waals surface area contributed by atoms with Gasteiger partial charge in [0.05, 0.1) is 0 Å². The Morgan fingerprint density at radius 1 is 1.00 bits per heavy atom. The minimum atomic E-state index is 0. The van der Waals surface area contributed by atoms with Crippen LogP contribution in [0.4, 0.5) is 0 Å². The second kappa shape index (κ2) is 35.3. The Bertz CT molecular complexity index is 15.5. The first-order valence-electron chi connectivity index (χ1n) is 0. The number of hydrogen-bond donors (Lipinski definition) is 0. The Morgan fingerprint density at radius 3 is 1.00 bits per heavy atom. The van der Waals surface area contributed by atoms with Crippen molar-refractivity contribution in [3.05, 3.63) is 0 Å². The van der Waals surface area contributed by atoms with Crippen LogP contribution in [0, 0.1) is 0 Å². The van der Waals surface area contributed by atoms with Gasteiger partial charge in [-0.05, 0) is 0 Å². The summed E-state index contributed by atoms with van der Waals surface area (Å²) in [5.41, 5.74) is 0. The van der Waals surface area contributed by atoms with Crippen molar-refractivity contribution >= 4 is 96.9 Å². The van der Waals surface area contributed by atoms with Crippen molar-refractivity contribution in [2.75, 3.05) is 0 Å². The third-order valence-corrected chi connectivity index (χ3v) is 0. The van der Waals surface area contributed by atoms with Gasteiger partial charge in [0.25, 0.3) is 0 Å². The van der Waals surface area contributed by atoms with Crippen molar-refractivity contribution in [1.82, 2.24) is 0 Å². The molecule has 0 heterocycles. The van der Waals surface area contributed by atoms with Gasteiger partial charge in [0.2, 0.25) is 0 Å². The molecule has 0 N–H and O–H groups in total. The molecule has 6 heavy (non-hydrogen) atoms. The Kier molecular flexibility index (Phi) is 291. The van der Waals surface area contributed by atoms with Crippen molar-refractivity contribution in [2.24, 2.45) is 0 Å². The summed E-state index contributed by atoms with van der Waals surface area (Å²) in [6.45, 7) is 0. The van der Waals surface area contributed by atoms with Crippen LogP contribution in [0.1, 0.15) is 0 Å². The monoisotopic (exact) mass is 287 g/mol. The molecule has 0 nitrogen and oxygen atoms in total. The molecule has 0 saturated carbocycles. The standard InChI is InChI=1S/Al.Fe.Mg.Si.Sr.Zn. The molecule has 0 bridgehead atoms. The molecule has 0 aliphatic carbocycles. The number of rotatable bonds is 0. The van der Waals surface area contributed by atoms with E-state index in [1.165, 1.54) is 0 Å². The number of hydrogen-bond acceptors (Lipinski definition) is 0. The van der Waals surface area contributed by atoms with E-state index in [1.807, 2.05) is 0 Å². The van der Waals surface area contributed by atoms with Gasteiger partial charge in [0, 0.05) is 133 Å². The van der Waals surface area contributed by atoms with Crippen LogP contribution in [0.5, 0.6) is 0 Å². The summed E-state index contributed by atoms with van der Waals surface area (Å²) in [5, 5.41) is 0. The third-order valence-electron chi connectivity index (χ3n) is 0. The fraction of sp³-hybridized carbons (Fsp3) is 0. The van der Waals surface area contributed by atoms with E-state index < -0.39 is 0 Å².